The zero-order chi connectivity index (χ0) is 17.0. The van der Waals surface area contributed by atoms with Crippen molar-refractivity contribution in [3.63, 3.8) is 0 Å². The summed E-state index contributed by atoms with van der Waals surface area (Å²) in [6, 6.07) is 0. The van der Waals surface area contributed by atoms with Gasteiger partial charge in [0.15, 0.2) is 0 Å². The molecule has 0 fully saturated rings. The molecule has 0 aromatic carbocycles. The van der Waals surface area contributed by atoms with Crippen LogP contribution >= 0.6 is 0 Å². The van der Waals surface area contributed by atoms with E-state index in [1.54, 1.807) is 7.05 Å². The van der Waals surface area contributed by atoms with E-state index in [4.69, 9.17) is 0 Å². The minimum absolute atomic E-state index is 0.126. The Morgan fingerprint density at radius 2 is 1.22 bits per heavy atom. The quantitative estimate of drug-likeness (QED) is 0.315. The second kappa shape index (κ2) is 18.5. The molecule has 2 heteroatoms. The van der Waals surface area contributed by atoms with E-state index in [1.807, 2.05) is 0 Å². The molecule has 0 saturated heterocycles. The first kappa shape index (κ1) is 21.4. The van der Waals surface area contributed by atoms with Gasteiger partial charge in [0.2, 0.25) is 5.91 Å². The van der Waals surface area contributed by atoms with Crippen LogP contribution in [0.25, 0.3) is 0 Å². The highest BCUT2D eigenvalue weighted by Crippen LogP contribution is 2.01. The van der Waals surface area contributed by atoms with E-state index in [0.717, 1.165) is 32.1 Å². The summed E-state index contributed by atoms with van der Waals surface area (Å²) in [5, 5.41) is 2.63. The minimum atomic E-state index is 0.126. The normalized spacial score (nSPS) is 12.3. The first-order chi connectivity index (χ1) is 11.3. The second-order valence-corrected chi connectivity index (χ2v) is 5.65. The van der Waals surface area contributed by atoms with E-state index >= 15 is 0 Å². The monoisotopic (exact) mass is 317 g/mol. The highest BCUT2D eigenvalue weighted by atomic mass is 16.1. The second-order valence-electron chi connectivity index (χ2n) is 5.65. The van der Waals surface area contributed by atoms with Crippen LogP contribution in [0.2, 0.25) is 0 Å². The van der Waals surface area contributed by atoms with Crippen LogP contribution in [0.3, 0.4) is 0 Å². The Morgan fingerprint density at radius 1 is 0.739 bits per heavy atom. The molecule has 23 heavy (non-hydrogen) atoms. The summed E-state index contributed by atoms with van der Waals surface area (Å²) in [6.45, 7) is 2.24. The van der Waals surface area contributed by atoms with Crippen LogP contribution in [0, 0.1) is 0 Å². The fourth-order valence-electron chi connectivity index (χ4n) is 2.07. The summed E-state index contributed by atoms with van der Waals surface area (Å²) in [5.74, 6) is 0.126. The van der Waals surface area contributed by atoms with E-state index in [1.165, 1.54) is 25.7 Å². The molecule has 0 aliphatic carbocycles. The number of nitrogens with one attached hydrogen (secondary N) is 1. The van der Waals surface area contributed by atoms with E-state index in [-0.39, 0.29) is 5.91 Å². The van der Waals surface area contributed by atoms with Gasteiger partial charge >= 0.3 is 0 Å². The molecule has 0 spiro atoms. The molecular formula is C21H35NO. The van der Waals surface area contributed by atoms with E-state index in [9.17, 15) is 4.79 Å². The van der Waals surface area contributed by atoms with Gasteiger partial charge in [0.25, 0.3) is 0 Å². The van der Waals surface area contributed by atoms with Gasteiger partial charge in [0.05, 0.1) is 0 Å². The molecule has 0 radical (unpaired) electrons. The third-order valence-electron chi connectivity index (χ3n) is 3.51. The van der Waals surface area contributed by atoms with E-state index in [0.29, 0.717) is 6.42 Å². The van der Waals surface area contributed by atoms with Crippen molar-refractivity contribution in [2.24, 2.45) is 0 Å². The fraction of sp³-hybridized carbons (Fsp3) is 0.571. The summed E-state index contributed by atoms with van der Waals surface area (Å²) in [4.78, 5) is 11.0. The molecular weight excluding hydrogens is 282 g/mol. The van der Waals surface area contributed by atoms with Gasteiger partial charge in [-0.05, 0) is 44.9 Å². The summed E-state index contributed by atoms with van der Waals surface area (Å²) < 4.78 is 0. The van der Waals surface area contributed by atoms with Crippen molar-refractivity contribution >= 4 is 5.91 Å². The molecule has 0 rings (SSSR count). The van der Waals surface area contributed by atoms with Gasteiger partial charge in [-0.3, -0.25) is 4.79 Å². The van der Waals surface area contributed by atoms with Gasteiger partial charge < -0.3 is 5.32 Å². The van der Waals surface area contributed by atoms with Crippen molar-refractivity contribution in [3.8, 4) is 0 Å². The van der Waals surface area contributed by atoms with Gasteiger partial charge in [-0.1, -0.05) is 68.4 Å². The lowest BCUT2D eigenvalue weighted by Crippen LogP contribution is -2.16. The number of allylic oxidation sites excluding steroid dienone is 8. The lowest BCUT2D eigenvalue weighted by Gasteiger charge is -1.95. The molecule has 0 bridgehead atoms. The van der Waals surface area contributed by atoms with Gasteiger partial charge in [-0.15, -0.1) is 0 Å². The average Bonchev–Trinajstić information content (AvgIpc) is 2.57. The van der Waals surface area contributed by atoms with Crippen molar-refractivity contribution in [1.82, 2.24) is 5.32 Å². The van der Waals surface area contributed by atoms with Gasteiger partial charge in [-0.2, -0.15) is 0 Å². The van der Waals surface area contributed by atoms with Crippen LogP contribution in [-0.2, 0) is 4.79 Å². The summed E-state index contributed by atoms with van der Waals surface area (Å²) in [7, 11) is 1.68. The highest BCUT2D eigenvalue weighted by molar-refractivity contribution is 5.75. The number of carbonyl (C=O) groups excluding carboxylic acids is 1. The van der Waals surface area contributed by atoms with Crippen molar-refractivity contribution < 1.29 is 4.79 Å². The van der Waals surface area contributed by atoms with Crippen LogP contribution in [0.5, 0.6) is 0 Å². The Balaban J connectivity index is 3.42. The van der Waals surface area contributed by atoms with Crippen LogP contribution in [0.1, 0.15) is 71.1 Å². The smallest absolute Gasteiger partial charge is 0.219 e. The molecule has 130 valence electrons. The zero-order valence-corrected chi connectivity index (χ0v) is 15.1. The molecule has 0 aliphatic rings. The van der Waals surface area contributed by atoms with Crippen molar-refractivity contribution in [2.45, 2.75) is 71.1 Å². The molecule has 0 saturated carbocycles. The van der Waals surface area contributed by atoms with Crippen LogP contribution < -0.4 is 5.32 Å². The lowest BCUT2D eigenvalue weighted by atomic mass is 10.2. The van der Waals surface area contributed by atoms with Crippen molar-refractivity contribution in [2.75, 3.05) is 7.05 Å². The Kier molecular flexibility index (Phi) is 17.2. The lowest BCUT2D eigenvalue weighted by molar-refractivity contribution is -0.120. The first-order valence-electron chi connectivity index (χ1n) is 9.11. The number of unbranched alkanes of at least 4 members (excludes halogenated alkanes) is 4. The SMILES string of the molecule is CCCCC/C=C\C/C=C\C/C=C\C/C=C\CCCC(=O)NC. The Labute approximate surface area is 143 Å². The molecule has 0 aromatic heterocycles. The number of rotatable bonds is 14. The zero-order valence-electron chi connectivity index (χ0n) is 15.1. The van der Waals surface area contributed by atoms with Gasteiger partial charge in [-0.25, -0.2) is 0 Å². The molecule has 1 N–H and O–H groups in total. The fourth-order valence-corrected chi connectivity index (χ4v) is 2.07. The molecule has 2 nitrogen and oxygen atoms in total. The molecule has 0 heterocycles. The van der Waals surface area contributed by atoms with Crippen LogP contribution in [0.4, 0.5) is 0 Å². The number of carbonyl (C=O) groups is 1. The third kappa shape index (κ3) is 18.4. The Bertz CT molecular complexity index is 377. The van der Waals surface area contributed by atoms with Crippen molar-refractivity contribution in [3.05, 3.63) is 48.6 Å². The number of hydrogen-bond donors (Lipinski definition) is 1. The molecule has 0 aromatic rings. The Morgan fingerprint density at radius 3 is 1.70 bits per heavy atom. The molecule has 0 atom stereocenters. The Hall–Kier alpha value is -1.57. The van der Waals surface area contributed by atoms with Crippen LogP contribution in [0.15, 0.2) is 48.6 Å². The van der Waals surface area contributed by atoms with Gasteiger partial charge in [0, 0.05) is 13.5 Å². The number of hydrogen-bond acceptors (Lipinski definition) is 1. The summed E-state index contributed by atoms with van der Waals surface area (Å²) in [6.07, 6.45) is 28.5. The maximum Gasteiger partial charge on any atom is 0.219 e. The average molecular weight is 318 g/mol. The van der Waals surface area contributed by atoms with E-state index in [2.05, 4.69) is 60.8 Å². The minimum Gasteiger partial charge on any atom is -0.359 e. The number of amides is 1. The molecule has 0 unspecified atom stereocenters. The maximum atomic E-state index is 11.0. The molecule has 0 aliphatic heterocycles. The highest BCUT2D eigenvalue weighted by Gasteiger charge is 1.94. The predicted molar refractivity (Wildman–Crippen MR) is 102 cm³/mol. The standard InChI is InChI=1S/C21H35NO/c1-3-4-5-6-7-8-9-10-11-12-13-14-15-16-17-18-19-20-21(23)22-2/h7-8,10-11,13-14,16-17H,3-6,9,12,15,18-20H2,1-2H3,(H,22,23)/b8-7-,11-10-,14-13-,17-16-. The third-order valence-corrected chi connectivity index (χ3v) is 3.51. The summed E-state index contributed by atoms with van der Waals surface area (Å²) in [5.41, 5.74) is 0. The predicted octanol–water partition coefficient (Wildman–Crippen LogP) is 5.88. The van der Waals surface area contributed by atoms with Crippen molar-refractivity contribution in [1.29, 1.82) is 0 Å². The van der Waals surface area contributed by atoms with Crippen LogP contribution in [-0.4, -0.2) is 13.0 Å². The van der Waals surface area contributed by atoms with Gasteiger partial charge in [0.1, 0.15) is 0 Å². The molecule has 1 amide bonds. The first-order valence-corrected chi connectivity index (χ1v) is 9.11. The van der Waals surface area contributed by atoms with E-state index < -0.39 is 0 Å². The largest absolute Gasteiger partial charge is 0.359 e. The topological polar surface area (TPSA) is 29.1 Å². The maximum absolute atomic E-state index is 11.0. The summed E-state index contributed by atoms with van der Waals surface area (Å²) >= 11 is 0.